The van der Waals surface area contributed by atoms with Crippen LogP contribution >= 0.6 is 0 Å². The highest BCUT2D eigenvalue weighted by molar-refractivity contribution is 5.86. The molecule has 0 unspecified atom stereocenters. The Bertz CT molecular complexity index is 34.2. The Labute approximate surface area is 29.8 Å². The maximum absolute atomic E-state index is 9.12. The SMILES string of the molecule is O=C[CH+]C=O. The third kappa shape index (κ3) is 3.21. The molecule has 0 heterocycles. The average molecular weight is 71.1 g/mol. The Morgan fingerprint density at radius 1 is 1.20 bits per heavy atom. The highest BCUT2D eigenvalue weighted by Crippen LogP contribution is 1.47. The van der Waals surface area contributed by atoms with Crippen molar-refractivity contribution in [1.29, 1.82) is 0 Å². The number of hydrogen-bond donors (Lipinski definition) is 0. The maximum atomic E-state index is 9.12. The second-order valence-corrected chi connectivity index (χ2v) is 0.465. The van der Waals surface area contributed by atoms with E-state index in [0.29, 0.717) is 12.6 Å². The predicted molar refractivity (Wildman–Crippen MR) is 16.4 cm³/mol. The number of rotatable bonds is 2. The van der Waals surface area contributed by atoms with Crippen LogP contribution in [-0.2, 0) is 9.59 Å². The average Bonchev–Trinajstić information content (AvgIpc) is 1.41. The first kappa shape index (κ1) is 4.21. The summed E-state index contributed by atoms with van der Waals surface area (Å²) in [5, 5.41) is 0. The van der Waals surface area contributed by atoms with Crippen LogP contribution in [-0.4, -0.2) is 12.6 Å². The standard InChI is InChI=1S/C3H3O2/c4-2-1-3-5/h1-3H/q+1. The second-order valence-electron chi connectivity index (χ2n) is 0.465. The van der Waals surface area contributed by atoms with Gasteiger partial charge in [0.2, 0.25) is 6.42 Å². The van der Waals surface area contributed by atoms with E-state index in [1.807, 2.05) is 0 Å². The molecule has 0 spiro atoms. The lowest BCUT2D eigenvalue weighted by Crippen LogP contribution is -1.71. The lowest BCUT2D eigenvalue weighted by atomic mass is 10.6. The van der Waals surface area contributed by atoms with E-state index in [1.54, 1.807) is 0 Å². The highest BCUT2D eigenvalue weighted by Gasteiger charge is 1.81. The van der Waals surface area contributed by atoms with E-state index in [2.05, 4.69) is 0 Å². The quantitative estimate of drug-likeness (QED) is 0.252. The van der Waals surface area contributed by atoms with Gasteiger partial charge in [-0.1, -0.05) is 0 Å². The zero-order chi connectivity index (χ0) is 4.12. The number of carbonyl (C=O) groups is 2. The molecule has 0 saturated heterocycles. The molecule has 0 N–H and O–H groups in total. The van der Waals surface area contributed by atoms with Gasteiger partial charge in [0.1, 0.15) is 0 Å². The summed E-state index contributed by atoms with van der Waals surface area (Å²) < 4.78 is 0. The molecule has 0 aromatic rings. The minimum absolute atomic E-state index is 0.438. The molecule has 0 rings (SSSR count). The van der Waals surface area contributed by atoms with Gasteiger partial charge in [-0.25, -0.2) is 9.59 Å². The fourth-order valence-electron chi connectivity index (χ4n) is 0.0321. The molecule has 0 amide bonds. The summed E-state index contributed by atoms with van der Waals surface area (Å²) in [5.41, 5.74) is 0. The minimum Gasteiger partial charge on any atom is -0.247 e. The van der Waals surface area contributed by atoms with Crippen molar-refractivity contribution in [2.45, 2.75) is 0 Å². The van der Waals surface area contributed by atoms with Crippen LogP contribution in [0.3, 0.4) is 0 Å². The predicted octanol–water partition coefficient (Wildman–Crippen LogP) is -0.412. The van der Waals surface area contributed by atoms with Crippen molar-refractivity contribution in [3.63, 3.8) is 0 Å². The Morgan fingerprint density at radius 3 is 1.60 bits per heavy atom. The minimum atomic E-state index is 0.438. The molecule has 2 heteroatoms. The van der Waals surface area contributed by atoms with Crippen LogP contribution < -0.4 is 0 Å². The van der Waals surface area contributed by atoms with Crippen molar-refractivity contribution in [1.82, 2.24) is 0 Å². The van der Waals surface area contributed by atoms with Gasteiger partial charge in [-0.2, -0.15) is 0 Å². The summed E-state index contributed by atoms with van der Waals surface area (Å²) in [7, 11) is 0. The first-order chi connectivity index (χ1) is 2.41. The van der Waals surface area contributed by atoms with Crippen LogP contribution in [0.15, 0.2) is 0 Å². The van der Waals surface area contributed by atoms with E-state index in [-0.39, 0.29) is 0 Å². The molecule has 0 fully saturated rings. The third-order valence-electron chi connectivity index (χ3n) is 0.157. The lowest BCUT2D eigenvalue weighted by molar-refractivity contribution is -0.110. The van der Waals surface area contributed by atoms with E-state index in [4.69, 9.17) is 9.59 Å². The maximum Gasteiger partial charge on any atom is 0.303 e. The van der Waals surface area contributed by atoms with Gasteiger partial charge in [-0.05, 0) is 0 Å². The first-order valence-electron chi connectivity index (χ1n) is 1.14. The molecule has 0 atom stereocenters. The molecule has 0 aliphatic carbocycles. The third-order valence-corrected chi connectivity index (χ3v) is 0.157. The Hall–Kier alpha value is -0.790. The van der Waals surface area contributed by atoms with Gasteiger partial charge in [0.15, 0.2) is 0 Å². The van der Waals surface area contributed by atoms with Crippen molar-refractivity contribution < 1.29 is 9.59 Å². The van der Waals surface area contributed by atoms with E-state index < -0.39 is 0 Å². The Morgan fingerprint density at radius 2 is 1.60 bits per heavy atom. The number of aldehydes is 2. The molecule has 5 heavy (non-hydrogen) atoms. The zero-order valence-corrected chi connectivity index (χ0v) is 2.55. The van der Waals surface area contributed by atoms with Crippen molar-refractivity contribution in [3.8, 4) is 0 Å². The molecule has 26 valence electrons. The summed E-state index contributed by atoms with van der Waals surface area (Å²) >= 11 is 0. The van der Waals surface area contributed by atoms with Gasteiger partial charge >= 0.3 is 12.6 Å². The van der Waals surface area contributed by atoms with Crippen molar-refractivity contribution >= 4 is 12.6 Å². The van der Waals surface area contributed by atoms with Crippen molar-refractivity contribution in [3.05, 3.63) is 6.42 Å². The zero-order valence-electron chi connectivity index (χ0n) is 2.55. The van der Waals surface area contributed by atoms with E-state index in [1.165, 1.54) is 0 Å². The Balaban J connectivity index is 2.65. The molecule has 0 bridgehead atoms. The molecule has 0 aliphatic heterocycles. The van der Waals surface area contributed by atoms with Crippen LogP contribution in [0, 0.1) is 6.42 Å². The second kappa shape index (κ2) is 3.21. The molecule has 0 saturated carbocycles. The number of hydrogen-bond acceptors (Lipinski definition) is 2. The summed E-state index contributed by atoms with van der Waals surface area (Å²) in [6.07, 6.45) is 1.76. The van der Waals surface area contributed by atoms with Gasteiger partial charge in [0.25, 0.3) is 0 Å². The summed E-state index contributed by atoms with van der Waals surface area (Å²) in [4.78, 5) is 18.2. The van der Waals surface area contributed by atoms with Crippen molar-refractivity contribution in [2.24, 2.45) is 0 Å². The fraction of sp³-hybridized carbons (Fsp3) is 0. The first-order valence-corrected chi connectivity index (χ1v) is 1.14. The summed E-state index contributed by atoms with van der Waals surface area (Å²) in [5.74, 6) is 0. The van der Waals surface area contributed by atoms with Crippen LogP contribution in [0.5, 0.6) is 0 Å². The van der Waals surface area contributed by atoms with Crippen LogP contribution in [0.4, 0.5) is 0 Å². The van der Waals surface area contributed by atoms with Crippen molar-refractivity contribution in [2.75, 3.05) is 0 Å². The van der Waals surface area contributed by atoms with Crippen LogP contribution in [0.2, 0.25) is 0 Å². The molecule has 0 aromatic carbocycles. The molecule has 2 nitrogen and oxygen atoms in total. The van der Waals surface area contributed by atoms with Gasteiger partial charge in [0, 0.05) is 0 Å². The molecule has 0 aliphatic rings. The Kier molecular flexibility index (Phi) is 2.70. The fourth-order valence-corrected chi connectivity index (χ4v) is 0.0321. The topological polar surface area (TPSA) is 34.1 Å². The van der Waals surface area contributed by atoms with Crippen LogP contribution in [0.1, 0.15) is 0 Å². The normalized spacial score (nSPS) is 5.60. The van der Waals surface area contributed by atoms with E-state index in [9.17, 15) is 0 Å². The summed E-state index contributed by atoms with van der Waals surface area (Å²) in [6.45, 7) is 0. The van der Waals surface area contributed by atoms with E-state index in [0.717, 1.165) is 6.42 Å². The molecule has 0 radical (unpaired) electrons. The van der Waals surface area contributed by atoms with Gasteiger partial charge in [-0.15, -0.1) is 0 Å². The van der Waals surface area contributed by atoms with Crippen LogP contribution in [0.25, 0.3) is 0 Å². The van der Waals surface area contributed by atoms with Gasteiger partial charge in [0.05, 0.1) is 0 Å². The molecular formula is C3H3O2+. The van der Waals surface area contributed by atoms with E-state index >= 15 is 0 Å². The smallest absolute Gasteiger partial charge is 0.247 e. The molecular weight excluding hydrogens is 68.0 g/mol. The lowest BCUT2D eigenvalue weighted by Gasteiger charge is -1.38. The van der Waals surface area contributed by atoms with Gasteiger partial charge < -0.3 is 0 Å². The number of carbonyl (C=O) groups excluding carboxylic acids is 2. The monoisotopic (exact) mass is 71.0 g/mol. The van der Waals surface area contributed by atoms with Gasteiger partial charge in [-0.3, -0.25) is 0 Å². The largest absolute Gasteiger partial charge is 0.303 e. The summed E-state index contributed by atoms with van der Waals surface area (Å²) in [6, 6.07) is 0. The molecule has 0 aromatic heterocycles. The highest BCUT2D eigenvalue weighted by atomic mass is 16.1.